The third kappa shape index (κ3) is 1.55. The largest absolute Gasteiger partial charge is 0.480 e. The summed E-state index contributed by atoms with van der Waals surface area (Å²) >= 11 is 0. The van der Waals surface area contributed by atoms with Crippen LogP contribution >= 0.6 is 0 Å². The smallest absolute Gasteiger partial charge is 0.329 e. The van der Waals surface area contributed by atoms with Crippen LogP contribution < -0.4 is 5.32 Å². The molecule has 0 aromatic carbocycles. The Balaban J connectivity index is 2.15. The second kappa shape index (κ2) is 2.97. The molecule has 1 aromatic heterocycles. The van der Waals surface area contributed by atoms with Gasteiger partial charge in [-0.3, -0.25) is 4.98 Å². The molecule has 0 unspecified atom stereocenters. The molecule has 1 aliphatic rings. The third-order valence-corrected chi connectivity index (χ3v) is 2.44. The summed E-state index contributed by atoms with van der Waals surface area (Å²) in [6.07, 6.45) is 3.07. The molecule has 0 bridgehead atoms. The van der Waals surface area contributed by atoms with E-state index in [1.54, 1.807) is 12.3 Å². The van der Waals surface area contributed by atoms with Gasteiger partial charge in [0.15, 0.2) is 0 Å². The van der Waals surface area contributed by atoms with Gasteiger partial charge in [-0.15, -0.1) is 0 Å². The normalized spacial score (nSPS) is 17.5. The summed E-state index contributed by atoms with van der Waals surface area (Å²) in [5.41, 5.74) is 1.00. The Kier molecular flexibility index (Phi) is 1.91. The van der Waals surface area contributed by atoms with Gasteiger partial charge < -0.3 is 10.4 Å². The zero-order valence-corrected chi connectivity index (χ0v) is 7.95. The maximum absolute atomic E-state index is 10.9. The van der Waals surface area contributed by atoms with Crippen LogP contribution in [0.25, 0.3) is 0 Å². The third-order valence-electron chi connectivity index (χ3n) is 2.44. The zero-order valence-electron chi connectivity index (χ0n) is 7.95. The molecule has 1 heterocycles. The Hall–Kier alpha value is -1.58. The first-order valence-electron chi connectivity index (χ1n) is 4.57. The maximum Gasteiger partial charge on any atom is 0.329 e. The fourth-order valence-electron chi connectivity index (χ4n) is 1.42. The average Bonchev–Trinajstić information content (AvgIpc) is 2.85. The summed E-state index contributed by atoms with van der Waals surface area (Å²) < 4.78 is 0. The fourth-order valence-corrected chi connectivity index (χ4v) is 1.42. The number of carboxylic acid groups (broad SMARTS) is 1. The Bertz CT molecular complexity index is 372. The topological polar surface area (TPSA) is 62.2 Å². The van der Waals surface area contributed by atoms with Crippen molar-refractivity contribution in [2.24, 2.45) is 0 Å². The Morgan fingerprint density at radius 2 is 2.36 bits per heavy atom. The minimum absolute atomic E-state index is 0.698. The number of hydrogen-bond donors (Lipinski definition) is 2. The van der Waals surface area contributed by atoms with E-state index in [4.69, 9.17) is 5.11 Å². The van der Waals surface area contributed by atoms with Crippen LogP contribution in [0.5, 0.6) is 0 Å². The maximum atomic E-state index is 10.9. The van der Waals surface area contributed by atoms with Gasteiger partial charge in [0.25, 0.3) is 0 Å². The molecular formula is C10H12N2O2. The van der Waals surface area contributed by atoms with Crippen LogP contribution in [-0.2, 0) is 4.79 Å². The molecule has 0 atom stereocenters. The molecule has 0 saturated heterocycles. The quantitative estimate of drug-likeness (QED) is 0.760. The van der Waals surface area contributed by atoms with Crippen LogP contribution in [-0.4, -0.2) is 21.6 Å². The molecule has 74 valence electrons. The highest BCUT2D eigenvalue weighted by molar-refractivity contribution is 5.86. The van der Waals surface area contributed by atoms with Crippen molar-refractivity contribution in [2.45, 2.75) is 25.3 Å². The number of carboxylic acids is 1. The lowest BCUT2D eigenvalue weighted by atomic mass is 10.2. The molecule has 1 fully saturated rings. The van der Waals surface area contributed by atoms with Crippen molar-refractivity contribution in [3.63, 3.8) is 0 Å². The van der Waals surface area contributed by atoms with Gasteiger partial charge >= 0.3 is 5.97 Å². The number of carbonyl (C=O) groups is 1. The molecule has 0 spiro atoms. The van der Waals surface area contributed by atoms with Gasteiger partial charge in [0.2, 0.25) is 0 Å². The minimum atomic E-state index is -0.771. The molecule has 4 heteroatoms. The molecule has 2 N–H and O–H groups in total. The van der Waals surface area contributed by atoms with E-state index >= 15 is 0 Å². The van der Waals surface area contributed by atoms with Gasteiger partial charge in [-0.05, 0) is 31.9 Å². The number of anilines is 1. The summed E-state index contributed by atoms with van der Waals surface area (Å²) in [6, 6.07) is 3.64. The molecule has 0 radical (unpaired) electrons. The lowest BCUT2D eigenvalue weighted by Crippen LogP contribution is -2.31. The molecule has 2 rings (SSSR count). The van der Waals surface area contributed by atoms with Crippen molar-refractivity contribution in [3.8, 4) is 0 Å². The lowest BCUT2D eigenvalue weighted by Gasteiger charge is -2.13. The van der Waals surface area contributed by atoms with Crippen molar-refractivity contribution < 1.29 is 9.90 Å². The number of pyridine rings is 1. The predicted octanol–water partition coefficient (Wildman–Crippen LogP) is 1.42. The van der Waals surface area contributed by atoms with E-state index in [0.717, 1.165) is 11.4 Å². The van der Waals surface area contributed by atoms with E-state index in [-0.39, 0.29) is 0 Å². The number of nitrogens with one attached hydrogen (secondary N) is 1. The molecule has 1 aliphatic carbocycles. The van der Waals surface area contributed by atoms with E-state index in [9.17, 15) is 4.79 Å². The van der Waals surface area contributed by atoms with Crippen LogP contribution in [0.2, 0.25) is 0 Å². The number of hydrogen-bond acceptors (Lipinski definition) is 3. The monoisotopic (exact) mass is 192 g/mol. The van der Waals surface area contributed by atoms with Gasteiger partial charge in [0.05, 0.1) is 0 Å². The summed E-state index contributed by atoms with van der Waals surface area (Å²) in [5, 5.41) is 12.0. The zero-order chi connectivity index (χ0) is 10.2. The molecule has 0 amide bonds. The lowest BCUT2D eigenvalue weighted by molar-refractivity contribution is -0.138. The highest BCUT2D eigenvalue weighted by Crippen LogP contribution is 2.39. The van der Waals surface area contributed by atoms with Gasteiger partial charge in [0.1, 0.15) is 5.54 Å². The minimum Gasteiger partial charge on any atom is -0.480 e. The van der Waals surface area contributed by atoms with Crippen molar-refractivity contribution in [1.82, 2.24) is 4.98 Å². The van der Waals surface area contributed by atoms with Crippen molar-refractivity contribution in [2.75, 3.05) is 5.32 Å². The van der Waals surface area contributed by atoms with E-state index in [0.29, 0.717) is 12.8 Å². The average molecular weight is 192 g/mol. The van der Waals surface area contributed by atoms with E-state index in [1.165, 1.54) is 0 Å². The van der Waals surface area contributed by atoms with Gasteiger partial charge in [-0.2, -0.15) is 0 Å². The van der Waals surface area contributed by atoms with Crippen molar-refractivity contribution >= 4 is 11.7 Å². The van der Waals surface area contributed by atoms with E-state index in [1.807, 2.05) is 13.0 Å². The molecule has 1 aromatic rings. The van der Waals surface area contributed by atoms with Gasteiger partial charge in [-0.25, -0.2) is 4.79 Å². The molecule has 0 aliphatic heterocycles. The summed E-state index contributed by atoms with van der Waals surface area (Å²) in [7, 11) is 0. The van der Waals surface area contributed by atoms with Crippen LogP contribution in [0, 0.1) is 6.92 Å². The standard InChI is InChI=1S/C10H12N2O2/c1-7-6-8(2-5-11-7)12-10(3-4-10)9(13)14/h2,5-6H,3-4H2,1H3,(H,11,12)(H,13,14). The number of aliphatic carboxylic acids is 1. The Morgan fingerprint density at radius 1 is 1.64 bits per heavy atom. The first-order valence-corrected chi connectivity index (χ1v) is 4.57. The first kappa shape index (κ1) is 8.99. The molecule has 14 heavy (non-hydrogen) atoms. The highest BCUT2D eigenvalue weighted by atomic mass is 16.4. The summed E-state index contributed by atoms with van der Waals surface area (Å²) in [6.45, 7) is 1.88. The van der Waals surface area contributed by atoms with E-state index < -0.39 is 11.5 Å². The predicted molar refractivity (Wildman–Crippen MR) is 52.2 cm³/mol. The first-order chi connectivity index (χ1) is 6.62. The van der Waals surface area contributed by atoms with Crippen LogP contribution in [0.3, 0.4) is 0 Å². The van der Waals surface area contributed by atoms with Crippen molar-refractivity contribution in [1.29, 1.82) is 0 Å². The molecule has 4 nitrogen and oxygen atoms in total. The van der Waals surface area contributed by atoms with Crippen LogP contribution in [0.4, 0.5) is 5.69 Å². The number of rotatable bonds is 3. The molecular weight excluding hydrogens is 180 g/mol. The Labute approximate surface area is 82.0 Å². The van der Waals surface area contributed by atoms with Crippen LogP contribution in [0.1, 0.15) is 18.5 Å². The van der Waals surface area contributed by atoms with Gasteiger partial charge in [-0.1, -0.05) is 0 Å². The SMILES string of the molecule is Cc1cc(NC2(C(=O)O)CC2)ccn1. The van der Waals surface area contributed by atoms with Gasteiger partial charge in [0, 0.05) is 17.6 Å². The number of nitrogens with zero attached hydrogens (tertiary/aromatic N) is 1. The summed E-state index contributed by atoms with van der Waals surface area (Å²) in [5.74, 6) is -0.771. The molecule has 1 saturated carbocycles. The van der Waals surface area contributed by atoms with Crippen molar-refractivity contribution in [3.05, 3.63) is 24.0 Å². The second-order valence-electron chi connectivity index (χ2n) is 3.70. The number of aryl methyl sites for hydroxylation is 1. The highest BCUT2D eigenvalue weighted by Gasteiger charge is 2.50. The second-order valence-corrected chi connectivity index (χ2v) is 3.70. The van der Waals surface area contributed by atoms with E-state index in [2.05, 4.69) is 10.3 Å². The Morgan fingerprint density at radius 3 is 2.86 bits per heavy atom. The summed E-state index contributed by atoms with van der Waals surface area (Å²) in [4.78, 5) is 14.9. The number of aromatic nitrogens is 1. The van der Waals surface area contributed by atoms with Crippen LogP contribution in [0.15, 0.2) is 18.3 Å². The fraction of sp³-hybridized carbons (Fsp3) is 0.400.